The fraction of sp³-hybridized carbons (Fsp3) is 0.143. The Morgan fingerprint density at radius 3 is 2.19 bits per heavy atom. The summed E-state index contributed by atoms with van der Waals surface area (Å²) in [4.78, 5) is 51.6. The van der Waals surface area contributed by atoms with Crippen LogP contribution in [0.1, 0.15) is 46.0 Å². The minimum absolute atomic E-state index is 0.0410. The number of esters is 2. The van der Waals surface area contributed by atoms with Crippen molar-refractivity contribution in [2.24, 2.45) is 0 Å². The Labute approximate surface area is 218 Å². The minimum atomic E-state index is -0.783. The second kappa shape index (κ2) is 10.7. The number of nitrogens with one attached hydrogen (secondary N) is 1. The van der Waals surface area contributed by atoms with Gasteiger partial charge in [-0.1, -0.05) is 55.8 Å². The number of benzene rings is 3. The second-order valence-electron chi connectivity index (χ2n) is 8.43. The highest BCUT2D eigenvalue weighted by Gasteiger charge is 2.40. The summed E-state index contributed by atoms with van der Waals surface area (Å²) in [6, 6.07) is 19.6. The lowest BCUT2D eigenvalue weighted by atomic mass is 10.0. The van der Waals surface area contributed by atoms with E-state index in [1.165, 1.54) is 31.4 Å². The van der Waals surface area contributed by atoms with Gasteiger partial charge in [-0.3, -0.25) is 9.59 Å². The third-order valence-corrected chi connectivity index (χ3v) is 6.06. The molecule has 0 radical (unpaired) electrons. The molecule has 0 bridgehead atoms. The summed E-state index contributed by atoms with van der Waals surface area (Å²) in [7, 11) is 1.20. The first-order chi connectivity index (χ1) is 17.7. The highest BCUT2D eigenvalue weighted by Crippen LogP contribution is 2.32. The molecule has 0 spiro atoms. The monoisotopic (exact) mass is 518 g/mol. The first-order valence-corrected chi connectivity index (χ1v) is 11.7. The van der Waals surface area contributed by atoms with Crippen molar-refractivity contribution < 1.29 is 28.7 Å². The molecule has 37 heavy (non-hydrogen) atoms. The Bertz CT molecular complexity index is 1430. The van der Waals surface area contributed by atoms with E-state index < -0.39 is 23.8 Å². The van der Waals surface area contributed by atoms with Gasteiger partial charge in [-0.2, -0.15) is 0 Å². The highest BCUT2D eigenvalue weighted by atomic mass is 35.5. The molecule has 0 atom stereocenters. The Balaban J connectivity index is 1.52. The first-order valence-electron chi connectivity index (χ1n) is 11.4. The molecule has 0 saturated heterocycles. The SMILES string of the molecule is COC(=O)c1ccccc1N1C(=O)C(Cl)=C(Nc2ccc(C(=O)Oc3ccccc3C(C)C)cc2)C1=O. The van der Waals surface area contributed by atoms with E-state index in [1.807, 2.05) is 26.0 Å². The van der Waals surface area contributed by atoms with Crippen LogP contribution < -0.4 is 15.0 Å². The van der Waals surface area contributed by atoms with Crippen LogP contribution in [-0.4, -0.2) is 30.9 Å². The summed E-state index contributed by atoms with van der Waals surface area (Å²) < 4.78 is 10.3. The van der Waals surface area contributed by atoms with Crippen molar-refractivity contribution in [2.75, 3.05) is 17.3 Å². The summed E-state index contributed by atoms with van der Waals surface area (Å²) in [5.74, 6) is -2.08. The maximum absolute atomic E-state index is 13.1. The van der Waals surface area contributed by atoms with Gasteiger partial charge in [0.25, 0.3) is 11.8 Å². The molecular weight excluding hydrogens is 496 g/mol. The Morgan fingerprint density at radius 2 is 1.51 bits per heavy atom. The maximum Gasteiger partial charge on any atom is 0.343 e. The topological polar surface area (TPSA) is 102 Å². The zero-order valence-corrected chi connectivity index (χ0v) is 21.0. The molecule has 1 N–H and O–H groups in total. The van der Waals surface area contributed by atoms with Crippen LogP contribution in [0.3, 0.4) is 0 Å². The molecule has 9 heteroatoms. The fourth-order valence-corrected chi connectivity index (χ4v) is 4.04. The van der Waals surface area contributed by atoms with Gasteiger partial charge < -0.3 is 14.8 Å². The predicted molar refractivity (Wildman–Crippen MR) is 139 cm³/mol. The summed E-state index contributed by atoms with van der Waals surface area (Å²) in [5.41, 5.74) is 1.56. The van der Waals surface area contributed by atoms with Gasteiger partial charge in [0.05, 0.1) is 23.9 Å². The Hall–Kier alpha value is -4.43. The normalized spacial score (nSPS) is 13.3. The van der Waals surface area contributed by atoms with Crippen LogP contribution in [-0.2, 0) is 14.3 Å². The Kier molecular flexibility index (Phi) is 7.40. The lowest BCUT2D eigenvalue weighted by Gasteiger charge is -2.18. The van der Waals surface area contributed by atoms with E-state index >= 15 is 0 Å². The molecule has 0 fully saturated rings. The molecule has 0 aliphatic carbocycles. The lowest BCUT2D eigenvalue weighted by Crippen LogP contribution is -2.33. The van der Waals surface area contributed by atoms with Crippen LogP contribution in [0.2, 0.25) is 0 Å². The van der Waals surface area contributed by atoms with Gasteiger partial charge in [0, 0.05) is 5.69 Å². The van der Waals surface area contributed by atoms with E-state index in [9.17, 15) is 19.2 Å². The number of carbonyl (C=O) groups is 4. The number of hydrogen-bond donors (Lipinski definition) is 1. The van der Waals surface area contributed by atoms with Crippen molar-refractivity contribution in [1.29, 1.82) is 0 Å². The smallest absolute Gasteiger partial charge is 0.343 e. The number of anilines is 2. The fourth-order valence-electron chi connectivity index (χ4n) is 3.82. The van der Waals surface area contributed by atoms with E-state index in [2.05, 4.69) is 5.32 Å². The van der Waals surface area contributed by atoms with Gasteiger partial charge in [-0.25, -0.2) is 14.5 Å². The molecule has 0 aromatic heterocycles. The number of imide groups is 1. The number of rotatable bonds is 7. The van der Waals surface area contributed by atoms with Crippen molar-refractivity contribution in [3.8, 4) is 5.75 Å². The van der Waals surface area contributed by atoms with E-state index in [4.69, 9.17) is 21.1 Å². The number of amides is 2. The van der Waals surface area contributed by atoms with Gasteiger partial charge >= 0.3 is 11.9 Å². The van der Waals surface area contributed by atoms with Gasteiger partial charge in [-0.15, -0.1) is 0 Å². The molecule has 1 heterocycles. The molecule has 4 rings (SSSR count). The van der Waals surface area contributed by atoms with Crippen LogP contribution in [0.15, 0.2) is 83.5 Å². The molecule has 0 saturated carbocycles. The molecule has 3 aromatic rings. The third kappa shape index (κ3) is 5.10. The highest BCUT2D eigenvalue weighted by molar-refractivity contribution is 6.53. The molecule has 2 amide bonds. The second-order valence-corrected chi connectivity index (χ2v) is 8.81. The van der Waals surface area contributed by atoms with Crippen molar-refractivity contribution in [1.82, 2.24) is 0 Å². The number of nitrogens with zero attached hydrogens (tertiary/aromatic N) is 1. The number of methoxy groups -OCH3 is 1. The number of halogens is 1. The number of hydrogen-bond acceptors (Lipinski definition) is 7. The Morgan fingerprint density at radius 1 is 0.865 bits per heavy atom. The van der Waals surface area contributed by atoms with Gasteiger partial charge in [0.15, 0.2) is 0 Å². The zero-order chi connectivity index (χ0) is 26.7. The van der Waals surface area contributed by atoms with E-state index in [1.54, 1.807) is 36.4 Å². The molecule has 1 aliphatic rings. The first kappa shape index (κ1) is 25.7. The molecule has 3 aromatic carbocycles. The quantitative estimate of drug-likeness (QED) is 0.259. The molecule has 188 valence electrons. The number of ether oxygens (including phenoxy) is 2. The summed E-state index contributed by atoms with van der Waals surface area (Å²) in [5, 5.41) is 2.51. The van der Waals surface area contributed by atoms with Gasteiger partial charge in [0.1, 0.15) is 16.5 Å². The molecule has 0 unspecified atom stereocenters. The van der Waals surface area contributed by atoms with Gasteiger partial charge in [0.2, 0.25) is 0 Å². The van der Waals surface area contributed by atoms with E-state index in [0.717, 1.165) is 10.5 Å². The van der Waals surface area contributed by atoms with Crippen molar-refractivity contribution in [3.05, 3.63) is 100 Å². The van der Waals surface area contributed by atoms with E-state index in [0.29, 0.717) is 17.0 Å². The van der Waals surface area contributed by atoms with Crippen molar-refractivity contribution in [2.45, 2.75) is 19.8 Å². The lowest BCUT2D eigenvalue weighted by molar-refractivity contribution is -0.120. The van der Waals surface area contributed by atoms with Crippen LogP contribution in [0.4, 0.5) is 11.4 Å². The number of para-hydroxylation sites is 2. The summed E-state index contributed by atoms with van der Waals surface area (Å²) >= 11 is 6.21. The zero-order valence-electron chi connectivity index (χ0n) is 20.3. The van der Waals surface area contributed by atoms with Crippen LogP contribution >= 0.6 is 11.6 Å². The minimum Gasteiger partial charge on any atom is -0.465 e. The predicted octanol–water partition coefficient (Wildman–Crippen LogP) is 5.25. The van der Waals surface area contributed by atoms with Crippen LogP contribution in [0, 0.1) is 0 Å². The maximum atomic E-state index is 13.1. The van der Waals surface area contributed by atoms with Crippen molar-refractivity contribution in [3.63, 3.8) is 0 Å². The van der Waals surface area contributed by atoms with E-state index in [-0.39, 0.29) is 27.9 Å². The summed E-state index contributed by atoms with van der Waals surface area (Å²) in [6.45, 7) is 4.02. The average molecular weight is 519 g/mol. The van der Waals surface area contributed by atoms with Gasteiger partial charge in [-0.05, 0) is 53.9 Å². The standard InChI is InChI=1S/C28H23ClN2O6/c1-16(2)19-8-5-7-11-22(19)37-27(34)17-12-14-18(15-13-17)30-24-23(29)25(32)31(26(24)33)21-10-6-4-9-20(21)28(35)36-3/h4-16,30H,1-3H3. The number of carbonyl (C=O) groups excluding carboxylic acids is 4. The average Bonchev–Trinajstić information content (AvgIpc) is 3.11. The van der Waals surface area contributed by atoms with Crippen LogP contribution in [0.5, 0.6) is 5.75 Å². The summed E-state index contributed by atoms with van der Waals surface area (Å²) in [6.07, 6.45) is 0. The molecule has 1 aliphatic heterocycles. The van der Waals surface area contributed by atoms with Crippen molar-refractivity contribution >= 4 is 46.7 Å². The molecule has 8 nitrogen and oxygen atoms in total. The largest absolute Gasteiger partial charge is 0.465 e. The molecular formula is C28H23ClN2O6. The third-order valence-electron chi connectivity index (χ3n) is 5.71. The van der Waals surface area contributed by atoms with Crippen LogP contribution in [0.25, 0.3) is 0 Å².